The highest BCUT2D eigenvalue weighted by Gasteiger charge is 2.16. The fraction of sp³-hybridized carbons (Fsp3) is 0.222. The van der Waals surface area contributed by atoms with Gasteiger partial charge in [-0.3, -0.25) is 19.0 Å². The number of nitrogens with one attached hydrogen (secondary N) is 2. The van der Waals surface area contributed by atoms with Crippen LogP contribution < -0.4 is 41.8 Å². The van der Waals surface area contributed by atoms with E-state index in [4.69, 9.17) is 24.4 Å². The summed E-state index contributed by atoms with van der Waals surface area (Å²) < 4.78 is 23.0. The number of benzene rings is 6. The van der Waals surface area contributed by atoms with Gasteiger partial charge >= 0.3 is 5.63 Å². The lowest BCUT2D eigenvalue weighted by molar-refractivity contribution is -0.115. The van der Waals surface area contributed by atoms with Crippen LogP contribution in [0.1, 0.15) is 70.0 Å². The number of para-hydroxylation sites is 9. The second-order valence-electron chi connectivity index (χ2n) is 14.5. The first-order chi connectivity index (χ1) is 33.1. The molecule has 4 N–H and O–H groups in total. The van der Waals surface area contributed by atoms with Crippen LogP contribution in [0.25, 0.3) is 27.5 Å². The van der Waals surface area contributed by atoms with E-state index in [0.717, 1.165) is 22.8 Å². The number of carbonyl (C=O) groups excluding carboxylic acids is 2. The van der Waals surface area contributed by atoms with Crippen LogP contribution in [0.2, 0.25) is 0 Å². The minimum atomic E-state index is -0.303. The Kier molecular flexibility index (Phi) is 19.4. The number of anilines is 3. The topological polar surface area (TPSA) is 190 Å². The Morgan fingerprint density at radius 3 is 1.75 bits per heavy atom. The molecule has 0 fully saturated rings. The first-order valence-electron chi connectivity index (χ1n) is 22.6. The third-order valence-electron chi connectivity index (χ3n) is 9.87. The fourth-order valence-electron chi connectivity index (χ4n) is 6.63. The first kappa shape index (κ1) is 50.7. The van der Waals surface area contributed by atoms with Crippen molar-refractivity contribution in [2.75, 3.05) is 36.2 Å². The lowest BCUT2D eigenvalue weighted by atomic mass is 10.1. The maximum absolute atomic E-state index is 12.9. The van der Waals surface area contributed by atoms with Crippen molar-refractivity contribution < 1.29 is 28.2 Å². The Balaban J connectivity index is 0.000000178. The molecule has 6 aromatic carbocycles. The van der Waals surface area contributed by atoms with Crippen LogP contribution in [0, 0.1) is 0 Å². The van der Waals surface area contributed by atoms with Crippen LogP contribution >= 0.6 is 0 Å². The van der Waals surface area contributed by atoms with E-state index in [0.29, 0.717) is 95.4 Å². The molecule has 2 amide bonds. The number of fused-ring (bicyclic) bond motifs is 2. The molecule has 0 saturated heterocycles. The SMILES string of the molecule is CCOc1ccccc1-n1c(CC)nc2ccccc2c1=O.CCOc1ccccc1N.CCOc1ccccc1NC(=O)c1ccccc1NC(=O)CC.CCc1nc2ccccc2c(=O)o1. The number of amides is 2. The van der Waals surface area contributed by atoms with Crippen LogP contribution in [0.5, 0.6) is 17.2 Å². The van der Waals surface area contributed by atoms with E-state index in [-0.39, 0.29) is 23.0 Å². The molecule has 14 heteroatoms. The van der Waals surface area contributed by atoms with Crippen LogP contribution in [0.4, 0.5) is 17.1 Å². The average Bonchev–Trinajstić information content (AvgIpc) is 3.36. The smallest absolute Gasteiger partial charge is 0.346 e. The normalized spacial score (nSPS) is 10.3. The second-order valence-corrected chi connectivity index (χ2v) is 14.5. The Morgan fingerprint density at radius 1 is 0.574 bits per heavy atom. The maximum Gasteiger partial charge on any atom is 0.346 e. The highest BCUT2D eigenvalue weighted by Crippen LogP contribution is 2.26. The zero-order valence-electron chi connectivity index (χ0n) is 39.3. The molecule has 0 atom stereocenters. The van der Waals surface area contributed by atoms with Gasteiger partial charge in [0.15, 0.2) is 5.89 Å². The Bertz CT molecular complexity index is 3040. The minimum Gasteiger partial charge on any atom is -0.492 e. The molecular weight excluding hydrogens is 861 g/mol. The zero-order chi connectivity index (χ0) is 48.8. The van der Waals surface area contributed by atoms with Gasteiger partial charge in [-0.1, -0.05) is 93.6 Å². The summed E-state index contributed by atoms with van der Waals surface area (Å²) in [5, 5.41) is 6.72. The predicted molar refractivity (Wildman–Crippen MR) is 270 cm³/mol. The molecule has 352 valence electrons. The van der Waals surface area contributed by atoms with Gasteiger partial charge in [-0.2, -0.15) is 0 Å². The van der Waals surface area contributed by atoms with Gasteiger partial charge in [-0.15, -0.1) is 0 Å². The van der Waals surface area contributed by atoms with Crippen molar-refractivity contribution in [2.45, 2.75) is 60.8 Å². The minimum absolute atomic E-state index is 0.0606. The molecular formula is C54H58N6O8. The highest BCUT2D eigenvalue weighted by atomic mass is 16.5. The molecule has 8 aromatic rings. The second kappa shape index (κ2) is 26.0. The van der Waals surface area contributed by atoms with Crippen LogP contribution in [-0.4, -0.2) is 46.2 Å². The van der Waals surface area contributed by atoms with Crippen molar-refractivity contribution in [1.82, 2.24) is 14.5 Å². The number of nitrogens with zero attached hydrogens (tertiary/aromatic N) is 3. The van der Waals surface area contributed by atoms with Crippen molar-refractivity contribution in [3.63, 3.8) is 0 Å². The number of carbonyl (C=O) groups is 2. The Morgan fingerprint density at radius 2 is 1.10 bits per heavy atom. The quantitative estimate of drug-likeness (QED) is 0.0933. The Labute approximate surface area is 395 Å². The fourth-order valence-corrected chi connectivity index (χ4v) is 6.63. The highest BCUT2D eigenvalue weighted by molar-refractivity contribution is 6.10. The van der Waals surface area contributed by atoms with E-state index in [1.807, 2.05) is 132 Å². The van der Waals surface area contributed by atoms with Gasteiger partial charge in [-0.05, 0) is 93.6 Å². The number of aromatic nitrogens is 3. The Hall–Kier alpha value is -8.26. The molecule has 0 saturated carbocycles. The summed E-state index contributed by atoms with van der Waals surface area (Å²) >= 11 is 0. The summed E-state index contributed by atoms with van der Waals surface area (Å²) in [5.74, 6) is 2.85. The molecule has 0 unspecified atom stereocenters. The molecule has 8 rings (SSSR count). The van der Waals surface area contributed by atoms with Crippen molar-refractivity contribution >= 4 is 50.7 Å². The van der Waals surface area contributed by atoms with Gasteiger partial charge in [0.1, 0.15) is 23.1 Å². The van der Waals surface area contributed by atoms with Crippen molar-refractivity contribution in [1.29, 1.82) is 0 Å². The standard InChI is InChI=1S/C18H20N2O3.C18H18N2O2.C10H9NO2.C8H11NO/c1-3-17(21)19-14-10-6-5-9-13(14)18(22)20-15-11-7-8-12-16(15)23-4-2;1-3-17-19-14-10-6-5-9-13(14)18(21)20(17)15-11-7-8-12-16(15)22-4-2;1-2-9-11-8-6-4-3-5-7(8)10(12)13-9;1-2-10-8-6-4-3-5-7(8)9/h5-12H,3-4H2,1-2H3,(H,19,21)(H,20,22);5-12H,3-4H2,1-2H3;3-6H,2H2,1H3;3-6H,2,9H2,1H3. The van der Waals surface area contributed by atoms with Gasteiger partial charge in [0.25, 0.3) is 11.5 Å². The van der Waals surface area contributed by atoms with Gasteiger partial charge in [0.2, 0.25) is 5.91 Å². The van der Waals surface area contributed by atoms with Gasteiger partial charge < -0.3 is 35.0 Å². The number of hydrogen-bond donors (Lipinski definition) is 3. The largest absolute Gasteiger partial charge is 0.492 e. The third-order valence-corrected chi connectivity index (χ3v) is 9.87. The molecule has 0 bridgehead atoms. The zero-order valence-corrected chi connectivity index (χ0v) is 39.3. The molecule has 0 aliphatic heterocycles. The van der Waals surface area contributed by atoms with Crippen LogP contribution in [0.15, 0.2) is 160 Å². The summed E-state index contributed by atoms with van der Waals surface area (Å²) in [5.41, 5.74) is 9.58. The van der Waals surface area contributed by atoms with E-state index in [1.165, 1.54) is 0 Å². The van der Waals surface area contributed by atoms with E-state index in [9.17, 15) is 19.2 Å². The molecule has 2 aromatic heterocycles. The molecule has 14 nitrogen and oxygen atoms in total. The van der Waals surface area contributed by atoms with Crippen LogP contribution in [0.3, 0.4) is 0 Å². The van der Waals surface area contributed by atoms with Crippen molar-refractivity contribution in [3.05, 3.63) is 184 Å². The van der Waals surface area contributed by atoms with Gasteiger partial charge in [0, 0.05) is 19.3 Å². The van der Waals surface area contributed by atoms with Gasteiger partial charge in [0.05, 0.1) is 69.9 Å². The number of ether oxygens (including phenoxy) is 3. The molecule has 0 radical (unpaired) electrons. The number of rotatable bonds is 13. The van der Waals surface area contributed by atoms with E-state index < -0.39 is 0 Å². The lowest BCUT2D eigenvalue weighted by Gasteiger charge is -2.16. The monoisotopic (exact) mass is 918 g/mol. The summed E-state index contributed by atoms with van der Waals surface area (Å²) in [6.07, 6.45) is 1.66. The third kappa shape index (κ3) is 13.6. The maximum atomic E-state index is 12.9. The summed E-state index contributed by atoms with van der Waals surface area (Å²) in [4.78, 5) is 57.2. The molecule has 2 heterocycles. The average molecular weight is 919 g/mol. The lowest BCUT2D eigenvalue weighted by Crippen LogP contribution is -2.24. The molecule has 0 aliphatic rings. The summed E-state index contributed by atoms with van der Waals surface area (Å²) in [6, 6.07) is 43.8. The number of aryl methyl sites for hydroxylation is 2. The molecule has 68 heavy (non-hydrogen) atoms. The van der Waals surface area contributed by atoms with E-state index >= 15 is 0 Å². The van der Waals surface area contributed by atoms with E-state index in [1.54, 1.807) is 60.0 Å². The number of nitrogen functional groups attached to an aromatic ring is 1. The molecule has 0 spiro atoms. The predicted octanol–water partition coefficient (Wildman–Crippen LogP) is 10.5. The van der Waals surface area contributed by atoms with Crippen LogP contribution in [-0.2, 0) is 17.6 Å². The number of nitrogens with two attached hydrogens (primary N) is 1. The summed E-state index contributed by atoms with van der Waals surface area (Å²) in [6.45, 7) is 13.1. The van der Waals surface area contributed by atoms with E-state index in [2.05, 4.69) is 20.6 Å². The summed E-state index contributed by atoms with van der Waals surface area (Å²) in [7, 11) is 0. The molecule has 0 aliphatic carbocycles. The number of hydrogen-bond acceptors (Lipinski definition) is 11. The van der Waals surface area contributed by atoms with Crippen molar-refractivity contribution in [3.8, 4) is 22.9 Å². The first-order valence-corrected chi connectivity index (χ1v) is 22.6. The van der Waals surface area contributed by atoms with Gasteiger partial charge in [-0.25, -0.2) is 14.8 Å². The van der Waals surface area contributed by atoms with Crippen molar-refractivity contribution in [2.24, 2.45) is 0 Å².